The lowest BCUT2D eigenvalue weighted by molar-refractivity contribution is 0.107. The summed E-state index contributed by atoms with van der Waals surface area (Å²) in [5, 5.41) is 1.01. The van der Waals surface area contributed by atoms with Gasteiger partial charge in [0.15, 0.2) is 6.10 Å². The molecule has 2 heterocycles. The van der Waals surface area contributed by atoms with Crippen molar-refractivity contribution in [3.63, 3.8) is 0 Å². The Morgan fingerprint density at radius 2 is 2.05 bits per heavy atom. The van der Waals surface area contributed by atoms with Crippen LogP contribution in [0.1, 0.15) is 17.4 Å². The average Bonchev–Trinajstić information content (AvgIpc) is 2.82. The summed E-state index contributed by atoms with van der Waals surface area (Å²) in [4.78, 5) is 2.19. The second kappa shape index (κ2) is 6.27. The van der Waals surface area contributed by atoms with Crippen LogP contribution in [0.4, 0.5) is 0 Å². The van der Waals surface area contributed by atoms with E-state index >= 15 is 0 Å². The van der Waals surface area contributed by atoms with Crippen molar-refractivity contribution in [2.45, 2.75) is 12.6 Å². The van der Waals surface area contributed by atoms with Crippen LogP contribution in [0.25, 0.3) is 0 Å². The fraction of sp³-hybridized carbons (Fsp3) is 0.286. The SMILES string of the molecule is CN1Cc2ccoc2C(Oc2ccc(Cl)c(Cl)c2)C1.Cl. The van der Waals surface area contributed by atoms with Crippen LogP contribution in [0.2, 0.25) is 10.0 Å². The maximum Gasteiger partial charge on any atom is 0.169 e. The molecular formula is C14H14Cl3NO2. The molecule has 0 N–H and O–H groups in total. The molecule has 0 amide bonds. The van der Waals surface area contributed by atoms with E-state index in [4.69, 9.17) is 32.4 Å². The zero-order valence-electron chi connectivity index (χ0n) is 10.8. The first-order valence-electron chi connectivity index (χ1n) is 6.00. The van der Waals surface area contributed by atoms with Gasteiger partial charge in [-0.05, 0) is 25.2 Å². The molecule has 2 aromatic rings. The summed E-state index contributed by atoms with van der Waals surface area (Å²) in [5.41, 5.74) is 1.17. The molecule has 0 radical (unpaired) electrons. The van der Waals surface area contributed by atoms with Crippen LogP contribution in [0.15, 0.2) is 34.9 Å². The minimum atomic E-state index is -0.124. The molecule has 1 atom stereocenters. The number of ether oxygens (including phenoxy) is 1. The lowest BCUT2D eigenvalue weighted by Gasteiger charge is -2.29. The number of rotatable bonds is 2. The summed E-state index contributed by atoms with van der Waals surface area (Å²) in [7, 11) is 2.06. The zero-order chi connectivity index (χ0) is 13.4. The topological polar surface area (TPSA) is 25.6 Å². The van der Waals surface area contributed by atoms with Crippen molar-refractivity contribution in [2.75, 3.05) is 13.6 Å². The predicted octanol–water partition coefficient (Wildman–Crippen LogP) is 4.57. The minimum Gasteiger partial charge on any atom is -0.481 e. The van der Waals surface area contributed by atoms with Crippen molar-refractivity contribution in [2.24, 2.45) is 0 Å². The van der Waals surface area contributed by atoms with E-state index in [1.54, 1.807) is 18.4 Å². The maximum atomic E-state index is 5.99. The monoisotopic (exact) mass is 333 g/mol. The van der Waals surface area contributed by atoms with Crippen molar-refractivity contribution in [1.82, 2.24) is 4.90 Å². The molecule has 0 aliphatic carbocycles. The highest BCUT2D eigenvalue weighted by molar-refractivity contribution is 6.42. The van der Waals surface area contributed by atoms with E-state index in [0.29, 0.717) is 15.8 Å². The average molecular weight is 335 g/mol. The van der Waals surface area contributed by atoms with Crippen molar-refractivity contribution in [3.8, 4) is 5.75 Å². The maximum absolute atomic E-state index is 5.99. The number of benzene rings is 1. The third kappa shape index (κ3) is 3.07. The van der Waals surface area contributed by atoms with Gasteiger partial charge in [0.25, 0.3) is 0 Å². The number of hydrogen-bond acceptors (Lipinski definition) is 3. The Bertz CT molecular complexity index is 600. The highest BCUT2D eigenvalue weighted by Crippen LogP contribution is 2.33. The third-order valence-corrected chi connectivity index (χ3v) is 3.90. The van der Waals surface area contributed by atoms with Gasteiger partial charge in [-0.1, -0.05) is 23.2 Å². The first-order chi connectivity index (χ1) is 9.13. The fourth-order valence-electron chi connectivity index (χ4n) is 2.29. The number of fused-ring (bicyclic) bond motifs is 1. The second-order valence-corrected chi connectivity index (χ2v) is 5.50. The van der Waals surface area contributed by atoms with Crippen LogP contribution in [-0.2, 0) is 6.54 Å². The summed E-state index contributed by atoms with van der Waals surface area (Å²) in [6, 6.07) is 7.25. The van der Waals surface area contributed by atoms with Crippen LogP contribution in [-0.4, -0.2) is 18.5 Å². The van der Waals surface area contributed by atoms with E-state index in [0.717, 1.165) is 18.8 Å². The Balaban J connectivity index is 0.00000147. The van der Waals surface area contributed by atoms with E-state index in [-0.39, 0.29) is 18.5 Å². The Kier molecular flexibility index (Phi) is 4.86. The predicted molar refractivity (Wildman–Crippen MR) is 82.1 cm³/mol. The van der Waals surface area contributed by atoms with Gasteiger partial charge in [-0.15, -0.1) is 12.4 Å². The number of furan rings is 1. The van der Waals surface area contributed by atoms with Crippen LogP contribution >= 0.6 is 35.6 Å². The summed E-state index contributed by atoms with van der Waals surface area (Å²) in [5.74, 6) is 1.58. The van der Waals surface area contributed by atoms with Crippen molar-refractivity contribution in [1.29, 1.82) is 0 Å². The van der Waals surface area contributed by atoms with E-state index in [9.17, 15) is 0 Å². The first-order valence-corrected chi connectivity index (χ1v) is 6.75. The number of nitrogens with zero attached hydrogens (tertiary/aromatic N) is 1. The molecule has 3 rings (SSSR count). The van der Waals surface area contributed by atoms with Gasteiger partial charge in [-0.25, -0.2) is 0 Å². The molecule has 0 spiro atoms. The molecule has 0 saturated heterocycles. The molecule has 1 aromatic heterocycles. The number of likely N-dealkylation sites (N-methyl/N-ethyl adjacent to an activating group) is 1. The molecule has 1 aromatic carbocycles. The number of hydrogen-bond donors (Lipinski definition) is 0. The van der Waals surface area contributed by atoms with Gasteiger partial charge >= 0.3 is 0 Å². The van der Waals surface area contributed by atoms with E-state index in [1.165, 1.54) is 5.56 Å². The Morgan fingerprint density at radius 3 is 2.80 bits per heavy atom. The first kappa shape index (κ1) is 15.5. The fourth-order valence-corrected chi connectivity index (χ4v) is 2.58. The molecule has 0 fully saturated rings. The molecule has 6 heteroatoms. The van der Waals surface area contributed by atoms with Crippen LogP contribution in [0, 0.1) is 0 Å². The van der Waals surface area contributed by atoms with Gasteiger partial charge in [0.05, 0.1) is 16.3 Å². The lowest BCUT2D eigenvalue weighted by Crippen LogP contribution is -2.32. The summed E-state index contributed by atoms with van der Waals surface area (Å²) >= 11 is 11.9. The van der Waals surface area contributed by atoms with Gasteiger partial charge in [0.1, 0.15) is 11.5 Å². The van der Waals surface area contributed by atoms with Gasteiger partial charge in [0, 0.05) is 24.7 Å². The van der Waals surface area contributed by atoms with Crippen molar-refractivity contribution < 1.29 is 9.15 Å². The van der Waals surface area contributed by atoms with Gasteiger partial charge in [0.2, 0.25) is 0 Å². The zero-order valence-corrected chi connectivity index (χ0v) is 13.1. The van der Waals surface area contributed by atoms with Gasteiger partial charge in [-0.2, -0.15) is 0 Å². The molecule has 1 aliphatic heterocycles. The van der Waals surface area contributed by atoms with Gasteiger partial charge < -0.3 is 9.15 Å². The van der Waals surface area contributed by atoms with Crippen LogP contribution in [0.3, 0.4) is 0 Å². The Labute approximate surface area is 133 Å². The Hall–Kier alpha value is -0.870. The van der Waals surface area contributed by atoms with E-state index in [2.05, 4.69) is 11.9 Å². The van der Waals surface area contributed by atoms with Crippen LogP contribution in [0.5, 0.6) is 5.75 Å². The van der Waals surface area contributed by atoms with E-state index in [1.807, 2.05) is 12.1 Å². The molecule has 20 heavy (non-hydrogen) atoms. The molecule has 1 aliphatic rings. The Morgan fingerprint density at radius 1 is 1.25 bits per heavy atom. The molecule has 0 bridgehead atoms. The highest BCUT2D eigenvalue weighted by atomic mass is 35.5. The summed E-state index contributed by atoms with van der Waals surface area (Å²) < 4.78 is 11.5. The summed E-state index contributed by atoms with van der Waals surface area (Å²) in [6.45, 7) is 1.66. The molecular weight excluding hydrogens is 321 g/mol. The highest BCUT2D eigenvalue weighted by Gasteiger charge is 2.28. The lowest BCUT2D eigenvalue weighted by atomic mass is 10.1. The smallest absolute Gasteiger partial charge is 0.169 e. The van der Waals surface area contributed by atoms with E-state index < -0.39 is 0 Å². The molecule has 0 saturated carbocycles. The molecule has 1 unspecified atom stereocenters. The normalized spacial score (nSPS) is 18.2. The quantitative estimate of drug-likeness (QED) is 0.804. The molecule has 108 valence electrons. The molecule has 3 nitrogen and oxygen atoms in total. The largest absolute Gasteiger partial charge is 0.481 e. The third-order valence-electron chi connectivity index (χ3n) is 3.16. The summed E-state index contributed by atoms with van der Waals surface area (Å²) in [6.07, 6.45) is 1.58. The number of halogens is 3. The van der Waals surface area contributed by atoms with Crippen molar-refractivity contribution >= 4 is 35.6 Å². The second-order valence-electron chi connectivity index (χ2n) is 4.69. The van der Waals surface area contributed by atoms with Gasteiger partial charge in [-0.3, -0.25) is 4.90 Å². The minimum absolute atomic E-state index is 0. The standard InChI is InChI=1S/C14H13Cl2NO2.ClH/c1-17-7-9-4-5-18-14(9)13(8-17)19-10-2-3-11(15)12(16)6-10;/h2-6,13H,7-8H2,1H3;1H. The van der Waals surface area contributed by atoms with Crippen molar-refractivity contribution in [3.05, 3.63) is 51.9 Å². The van der Waals surface area contributed by atoms with Crippen LogP contribution < -0.4 is 4.74 Å².